The highest BCUT2D eigenvalue weighted by molar-refractivity contribution is 9.15. The number of rotatable bonds is 3. The van der Waals surface area contributed by atoms with Crippen molar-refractivity contribution in [3.63, 3.8) is 0 Å². The van der Waals surface area contributed by atoms with Gasteiger partial charge in [0.15, 0.2) is 5.82 Å². The number of hydrogen-bond acceptors (Lipinski definition) is 3. The number of amides is 1. The molecule has 1 aromatic rings. The second-order valence-corrected chi connectivity index (χ2v) is 9.88. The van der Waals surface area contributed by atoms with Crippen molar-refractivity contribution in [3.8, 4) is 0 Å². The van der Waals surface area contributed by atoms with Crippen molar-refractivity contribution in [2.75, 3.05) is 12.5 Å². The van der Waals surface area contributed by atoms with Gasteiger partial charge in [-0.15, -0.1) is 0 Å². The van der Waals surface area contributed by atoms with Gasteiger partial charge in [-0.1, -0.05) is 23.7 Å². The number of nitrogens with one attached hydrogen (secondary N) is 2. The fraction of sp³-hybridized carbons (Fsp3) is 0.231. The molecule has 1 aromatic carbocycles. The van der Waals surface area contributed by atoms with Crippen molar-refractivity contribution in [1.82, 2.24) is 10.9 Å². The molecule has 0 saturated heterocycles. The predicted octanol–water partition coefficient (Wildman–Crippen LogP) is 3.33. The third kappa shape index (κ3) is 3.02. The minimum Gasteiger partial charge on any atom is -0.281 e. The minimum absolute atomic E-state index is 0.166. The lowest BCUT2D eigenvalue weighted by Crippen LogP contribution is -2.34. The number of carbonyl (C=O) groups is 1. The quantitative estimate of drug-likeness (QED) is 0.795. The summed E-state index contributed by atoms with van der Waals surface area (Å²) in [5.41, 5.74) is 6.42. The lowest BCUT2D eigenvalue weighted by atomic mass is 10.2. The van der Waals surface area contributed by atoms with E-state index in [4.69, 9.17) is 11.6 Å². The first-order valence-corrected chi connectivity index (χ1v) is 9.45. The maximum atomic E-state index is 11.0. The van der Waals surface area contributed by atoms with Crippen molar-refractivity contribution >= 4 is 48.5 Å². The van der Waals surface area contributed by atoms with Gasteiger partial charge >= 0.3 is 0 Å². The Hall–Kier alpha value is -0.980. The zero-order valence-electron chi connectivity index (χ0n) is 11.3. The van der Waals surface area contributed by atoms with Crippen molar-refractivity contribution in [3.05, 3.63) is 44.5 Å². The normalized spacial score (nSPS) is 18.6. The Kier molecular flexibility index (Phi) is 4.46. The van der Waals surface area contributed by atoms with Crippen LogP contribution in [0, 0.1) is 0 Å². The van der Waals surface area contributed by atoms with Crippen molar-refractivity contribution in [2.24, 2.45) is 4.99 Å². The zero-order chi connectivity index (χ0) is 14.9. The molecule has 0 unspecified atom stereocenters. The molecule has 108 valence electrons. The predicted molar refractivity (Wildman–Crippen MR) is 90.3 cm³/mol. The fourth-order valence-electron chi connectivity index (χ4n) is 1.76. The standard InChI is InChI=1S/C13H15BrClN3OS/c1-8(19)17-18-12-11(14)20(2,3)13(16-12)9-4-6-10(15)7-5-9/h4-7,18H,1-3H3,(H,17,19). The van der Waals surface area contributed by atoms with Crippen molar-refractivity contribution < 1.29 is 4.79 Å². The third-order valence-corrected chi connectivity index (χ3v) is 8.22. The molecule has 0 radical (unpaired) electrons. The number of nitrogens with zero attached hydrogens (tertiary/aromatic N) is 1. The summed E-state index contributed by atoms with van der Waals surface area (Å²) in [5, 5.41) is 1.69. The monoisotopic (exact) mass is 375 g/mol. The van der Waals surface area contributed by atoms with Crippen LogP contribution in [0.1, 0.15) is 12.5 Å². The average Bonchev–Trinajstić information content (AvgIpc) is 2.60. The first kappa shape index (κ1) is 15.4. The number of aliphatic imine (C=N–C) groups is 1. The molecular weight excluding hydrogens is 362 g/mol. The van der Waals surface area contributed by atoms with Crippen LogP contribution in [0.3, 0.4) is 0 Å². The van der Waals surface area contributed by atoms with E-state index in [1.807, 2.05) is 24.3 Å². The number of benzene rings is 1. The number of halogens is 2. The van der Waals surface area contributed by atoms with E-state index in [9.17, 15) is 4.79 Å². The maximum absolute atomic E-state index is 11.0. The van der Waals surface area contributed by atoms with Gasteiger partial charge in [0.1, 0.15) is 0 Å². The maximum Gasteiger partial charge on any atom is 0.235 e. The van der Waals surface area contributed by atoms with Crippen LogP contribution in [0.4, 0.5) is 0 Å². The molecule has 7 heteroatoms. The summed E-state index contributed by atoms with van der Waals surface area (Å²) in [5.74, 6) is 0.478. The van der Waals surface area contributed by atoms with Crippen LogP contribution >= 0.6 is 37.6 Å². The number of hydrazine groups is 1. The Morgan fingerprint density at radius 2 is 1.90 bits per heavy atom. The van der Waals surface area contributed by atoms with Crippen LogP contribution < -0.4 is 10.9 Å². The molecule has 0 bridgehead atoms. The lowest BCUT2D eigenvalue weighted by molar-refractivity contribution is -0.119. The summed E-state index contributed by atoms with van der Waals surface area (Å²) in [6, 6.07) is 7.61. The summed E-state index contributed by atoms with van der Waals surface area (Å²) in [7, 11) is -1.24. The molecule has 4 nitrogen and oxygen atoms in total. The van der Waals surface area contributed by atoms with Gasteiger partial charge in [-0.25, -0.2) is 4.99 Å². The van der Waals surface area contributed by atoms with Gasteiger partial charge in [-0.3, -0.25) is 15.6 Å². The van der Waals surface area contributed by atoms with Gasteiger partial charge in [0.05, 0.1) is 8.86 Å². The molecule has 0 spiro atoms. The molecular formula is C13H15BrClN3OS. The molecule has 0 aromatic heterocycles. The summed E-state index contributed by atoms with van der Waals surface area (Å²) < 4.78 is 0.976. The van der Waals surface area contributed by atoms with E-state index in [0.717, 1.165) is 14.4 Å². The molecule has 2 rings (SSSR count). The van der Waals surface area contributed by atoms with Crippen LogP contribution in [-0.4, -0.2) is 23.5 Å². The van der Waals surface area contributed by atoms with E-state index in [2.05, 4.69) is 44.3 Å². The Bertz CT molecular complexity index is 611. The highest BCUT2D eigenvalue weighted by Gasteiger charge is 2.32. The van der Waals surface area contributed by atoms with Crippen LogP contribution in [-0.2, 0) is 4.79 Å². The SMILES string of the molecule is CC(=O)NNC1=C(Br)S(C)(C)C(c2ccc(Cl)cc2)=N1. The molecule has 0 atom stereocenters. The lowest BCUT2D eigenvalue weighted by Gasteiger charge is -2.28. The summed E-state index contributed by atoms with van der Waals surface area (Å²) in [6.45, 7) is 1.44. The molecule has 0 saturated carbocycles. The first-order valence-electron chi connectivity index (χ1n) is 5.83. The molecule has 2 N–H and O–H groups in total. The van der Waals surface area contributed by atoms with Crippen molar-refractivity contribution in [1.29, 1.82) is 0 Å². The highest BCUT2D eigenvalue weighted by Crippen LogP contribution is 2.59. The molecule has 1 amide bonds. The van der Waals surface area contributed by atoms with Crippen LogP contribution in [0.2, 0.25) is 5.02 Å². The van der Waals surface area contributed by atoms with Gasteiger partial charge in [0, 0.05) is 17.5 Å². The van der Waals surface area contributed by atoms with Gasteiger partial charge in [-0.05, 0) is 40.6 Å². The number of hydrogen-bond donors (Lipinski definition) is 2. The van der Waals surface area contributed by atoms with E-state index >= 15 is 0 Å². The Labute approximate surface area is 133 Å². The Morgan fingerprint density at radius 1 is 1.30 bits per heavy atom. The van der Waals surface area contributed by atoms with E-state index in [1.54, 1.807) is 0 Å². The smallest absolute Gasteiger partial charge is 0.235 e. The Balaban J connectivity index is 2.33. The number of carbonyl (C=O) groups excluding carboxylic acids is 1. The highest BCUT2D eigenvalue weighted by atomic mass is 79.9. The second-order valence-electron chi connectivity index (χ2n) is 4.68. The van der Waals surface area contributed by atoms with Crippen LogP contribution in [0.5, 0.6) is 0 Å². The molecule has 0 fully saturated rings. The largest absolute Gasteiger partial charge is 0.281 e. The third-order valence-electron chi connectivity index (χ3n) is 2.78. The average molecular weight is 377 g/mol. The van der Waals surface area contributed by atoms with Gasteiger partial charge < -0.3 is 0 Å². The topological polar surface area (TPSA) is 53.5 Å². The van der Waals surface area contributed by atoms with Gasteiger partial charge in [0.2, 0.25) is 5.91 Å². The minimum atomic E-state index is -1.24. The second kappa shape index (κ2) is 5.79. The molecule has 0 aliphatic carbocycles. The van der Waals surface area contributed by atoms with Crippen LogP contribution in [0.25, 0.3) is 0 Å². The van der Waals surface area contributed by atoms with E-state index < -0.39 is 10.0 Å². The van der Waals surface area contributed by atoms with Crippen LogP contribution in [0.15, 0.2) is 38.9 Å². The fourth-order valence-corrected chi connectivity index (χ4v) is 4.33. The van der Waals surface area contributed by atoms with Gasteiger partial charge in [0.25, 0.3) is 0 Å². The molecule has 1 aliphatic rings. The molecule has 1 aliphatic heterocycles. The molecule has 1 heterocycles. The van der Waals surface area contributed by atoms with E-state index in [0.29, 0.717) is 10.8 Å². The van der Waals surface area contributed by atoms with Gasteiger partial charge in [-0.2, -0.15) is 10.0 Å². The summed E-state index contributed by atoms with van der Waals surface area (Å²) >= 11 is 9.51. The van der Waals surface area contributed by atoms with E-state index in [1.165, 1.54) is 6.92 Å². The molecule has 20 heavy (non-hydrogen) atoms. The summed E-state index contributed by atoms with van der Waals surface area (Å²) in [6.07, 6.45) is 4.29. The Morgan fingerprint density at radius 3 is 2.45 bits per heavy atom. The zero-order valence-corrected chi connectivity index (χ0v) is 14.5. The first-order chi connectivity index (χ1) is 9.32. The van der Waals surface area contributed by atoms with E-state index in [-0.39, 0.29) is 5.91 Å². The summed E-state index contributed by atoms with van der Waals surface area (Å²) in [4.78, 5) is 15.6. The van der Waals surface area contributed by atoms with Crippen molar-refractivity contribution in [2.45, 2.75) is 6.92 Å².